The van der Waals surface area contributed by atoms with Crippen molar-refractivity contribution in [1.82, 2.24) is 5.32 Å². The van der Waals surface area contributed by atoms with Crippen LogP contribution in [-0.4, -0.2) is 19.0 Å². The van der Waals surface area contributed by atoms with Crippen LogP contribution in [0.3, 0.4) is 0 Å². The highest BCUT2D eigenvalue weighted by atomic mass is 16.1. The lowest BCUT2D eigenvalue weighted by atomic mass is 9.67. The first-order chi connectivity index (χ1) is 9.31. The predicted octanol–water partition coefficient (Wildman–Crippen LogP) is 3.41. The van der Waals surface area contributed by atoms with E-state index in [1.165, 1.54) is 32.1 Å². The van der Waals surface area contributed by atoms with Gasteiger partial charge < -0.3 is 5.32 Å². The fourth-order valence-corrected chi connectivity index (χ4v) is 3.66. The van der Waals surface area contributed by atoms with E-state index in [-0.39, 0.29) is 11.8 Å². The maximum Gasteiger partial charge on any atom is 0.223 e. The van der Waals surface area contributed by atoms with Crippen molar-refractivity contribution in [3.8, 4) is 0 Å². The fourth-order valence-electron chi connectivity index (χ4n) is 3.66. The average Bonchev–Trinajstić information content (AvgIpc) is 2.46. The third-order valence-corrected chi connectivity index (χ3v) is 4.71. The quantitative estimate of drug-likeness (QED) is 0.351. The van der Waals surface area contributed by atoms with Crippen LogP contribution in [0.1, 0.15) is 51.4 Å². The first-order valence-corrected chi connectivity index (χ1v) is 7.60. The largest absolute Gasteiger partial charge is 0.356 e. The lowest BCUT2D eigenvalue weighted by molar-refractivity contribution is -0.127. The number of azide groups is 1. The van der Waals surface area contributed by atoms with Gasteiger partial charge in [-0.15, -0.1) is 0 Å². The van der Waals surface area contributed by atoms with Crippen molar-refractivity contribution in [3.05, 3.63) is 10.4 Å². The molecular formula is C14H24N4O. The molecule has 0 spiro atoms. The van der Waals surface area contributed by atoms with Crippen LogP contribution in [0.4, 0.5) is 0 Å². The van der Waals surface area contributed by atoms with Crippen LogP contribution in [-0.2, 0) is 4.79 Å². The molecule has 0 aromatic carbocycles. The second-order valence-electron chi connectivity index (χ2n) is 5.91. The van der Waals surface area contributed by atoms with Crippen molar-refractivity contribution in [3.63, 3.8) is 0 Å². The van der Waals surface area contributed by atoms with Gasteiger partial charge in [-0.05, 0) is 43.1 Å². The average molecular weight is 264 g/mol. The molecule has 0 aromatic heterocycles. The van der Waals surface area contributed by atoms with E-state index in [9.17, 15) is 4.79 Å². The maximum absolute atomic E-state index is 12.1. The van der Waals surface area contributed by atoms with Crippen LogP contribution < -0.4 is 5.32 Å². The molecule has 0 bridgehead atoms. The van der Waals surface area contributed by atoms with E-state index in [1.54, 1.807) is 0 Å². The zero-order valence-electron chi connectivity index (χ0n) is 11.6. The molecule has 0 radical (unpaired) electrons. The van der Waals surface area contributed by atoms with E-state index < -0.39 is 0 Å². The van der Waals surface area contributed by atoms with Gasteiger partial charge in [0, 0.05) is 23.9 Å². The molecule has 0 saturated heterocycles. The van der Waals surface area contributed by atoms with Crippen LogP contribution in [0, 0.1) is 17.8 Å². The molecule has 0 heterocycles. The zero-order chi connectivity index (χ0) is 13.5. The molecular weight excluding hydrogens is 240 g/mol. The summed E-state index contributed by atoms with van der Waals surface area (Å²) in [5.74, 6) is 2.12. The summed E-state index contributed by atoms with van der Waals surface area (Å²) in [6.45, 7) is 1.09. The van der Waals surface area contributed by atoms with E-state index in [1.807, 2.05) is 0 Å². The second-order valence-corrected chi connectivity index (χ2v) is 5.91. The number of nitrogens with one attached hydrogen (secondary N) is 1. The summed E-state index contributed by atoms with van der Waals surface area (Å²) < 4.78 is 0. The van der Waals surface area contributed by atoms with Crippen LogP contribution in [0.5, 0.6) is 0 Å². The fraction of sp³-hybridized carbons (Fsp3) is 0.929. The molecule has 0 aliphatic heterocycles. The van der Waals surface area contributed by atoms with E-state index in [2.05, 4.69) is 15.3 Å². The topological polar surface area (TPSA) is 77.9 Å². The third kappa shape index (κ3) is 4.13. The molecule has 5 heteroatoms. The Morgan fingerprint density at radius 3 is 2.79 bits per heavy atom. The monoisotopic (exact) mass is 264 g/mol. The van der Waals surface area contributed by atoms with Gasteiger partial charge in [-0.3, -0.25) is 4.79 Å². The Morgan fingerprint density at radius 2 is 2.00 bits per heavy atom. The minimum atomic E-state index is 0.213. The Hall–Kier alpha value is -1.22. The van der Waals surface area contributed by atoms with Crippen molar-refractivity contribution in [1.29, 1.82) is 0 Å². The van der Waals surface area contributed by atoms with Crippen molar-refractivity contribution >= 4 is 5.91 Å². The Morgan fingerprint density at radius 1 is 1.21 bits per heavy atom. The molecule has 5 nitrogen and oxygen atoms in total. The Labute approximate surface area is 114 Å². The molecule has 2 aliphatic carbocycles. The SMILES string of the molecule is [N-]=[N+]=NCCCNC(=O)C1CCC2CCCCC2C1. The van der Waals surface area contributed by atoms with Gasteiger partial charge in [0.25, 0.3) is 0 Å². The number of rotatable bonds is 5. The molecule has 3 atom stereocenters. The van der Waals surface area contributed by atoms with Gasteiger partial charge >= 0.3 is 0 Å². The van der Waals surface area contributed by atoms with Crippen molar-refractivity contribution in [2.24, 2.45) is 22.9 Å². The molecule has 0 aromatic rings. The Balaban J connectivity index is 1.69. The van der Waals surface area contributed by atoms with E-state index >= 15 is 0 Å². The zero-order valence-corrected chi connectivity index (χ0v) is 11.6. The standard InChI is InChI=1S/C14H24N4O/c15-18-17-9-3-8-16-14(19)13-7-6-11-4-1-2-5-12(11)10-13/h11-13H,1-10H2,(H,16,19). The minimum absolute atomic E-state index is 0.213. The molecule has 2 fully saturated rings. The smallest absolute Gasteiger partial charge is 0.223 e. The number of hydrogen-bond acceptors (Lipinski definition) is 2. The number of hydrogen-bond donors (Lipinski definition) is 1. The molecule has 2 aliphatic rings. The highest BCUT2D eigenvalue weighted by molar-refractivity contribution is 5.78. The van der Waals surface area contributed by atoms with Crippen molar-refractivity contribution in [2.75, 3.05) is 13.1 Å². The van der Waals surface area contributed by atoms with E-state index in [0.717, 1.165) is 31.1 Å². The summed E-state index contributed by atoms with van der Waals surface area (Å²) in [5, 5.41) is 6.45. The molecule has 1 N–H and O–H groups in total. The predicted molar refractivity (Wildman–Crippen MR) is 74.4 cm³/mol. The Bertz CT molecular complexity index is 351. The number of nitrogens with zero attached hydrogens (tertiary/aromatic N) is 3. The highest BCUT2D eigenvalue weighted by Gasteiger charge is 2.34. The van der Waals surface area contributed by atoms with Gasteiger partial charge in [0.1, 0.15) is 0 Å². The highest BCUT2D eigenvalue weighted by Crippen LogP contribution is 2.42. The summed E-state index contributed by atoms with van der Waals surface area (Å²) in [6.07, 6.45) is 9.56. The van der Waals surface area contributed by atoms with Crippen molar-refractivity contribution < 1.29 is 4.79 Å². The summed E-state index contributed by atoms with van der Waals surface area (Å²) in [7, 11) is 0. The molecule has 19 heavy (non-hydrogen) atoms. The lowest BCUT2D eigenvalue weighted by Crippen LogP contribution is -2.37. The lowest BCUT2D eigenvalue weighted by Gasteiger charge is -2.38. The number of carbonyl (C=O) groups is 1. The van der Waals surface area contributed by atoms with Gasteiger partial charge in [0.2, 0.25) is 5.91 Å². The van der Waals surface area contributed by atoms with Crippen LogP contribution >= 0.6 is 0 Å². The first kappa shape index (κ1) is 14.2. The van der Waals surface area contributed by atoms with Crippen molar-refractivity contribution in [2.45, 2.75) is 51.4 Å². The number of fused-ring (bicyclic) bond motifs is 1. The third-order valence-electron chi connectivity index (χ3n) is 4.71. The Kier molecular flexibility index (Phi) is 5.52. The van der Waals surface area contributed by atoms with Crippen LogP contribution in [0.2, 0.25) is 0 Å². The number of amides is 1. The molecule has 2 saturated carbocycles. The van der Waals surface area contributed by atoms with Crippen LogP contribution in [0.25, 0.3) is 10.4 Å². The minimum Gasteiger partial charge on any atom is -0.356 e. The first-order valence-electron chi connectivity index (χ1n) is 7.60. The van der Waals surface area contributed by atoms with Gasteiger partial charge in [-0.2, -0.15) is 0 Å². The second kappa shape index (κ2) is 7.39. The van der Waals surface area contributed by atoms with Crippen LogP contribution in [0.15, 0.2) is 5.11 Å². The molecule has 3 unspecified atom stereocenters. The van der Waals surface area contributed by atoms with Gasteiger partial charge in [0.15, 0.2) is 0 Å². The van der Waals surface area contributed by atoms with Gasteiger partial charge in [-0.25, -0.2) is 0 Å². The van der Waals surface area contributed by atoms with E-state index in [4.69, 9.17) is 5.53 Å². The summed E-state index contributed by atoms with van der Waals surface area (Å²) in [6, 6.07) is 0. The molecule has 106 valence electrons. The molecule has 2 rings (SSSR count). The maximum atomic E-state index is 12.1. The molecule has 1 amide bonds. The van der Waals surface area contributed by atoms with E-state index in [0.29, 0.717) is 13.1 Å². The number of carbonyl (C=O) groups excluding carboxylic acids is 1. The summed E-state index contributed by atoms with van der Waals surface area (Å²) in [5.41, 5.74) is 8.16. The van der Waals surface area contributed by atoms with Gasteiger partial charge in [-0.1, -0.05) is 30.8 Å². The summed E-state index contributed by atoms with van der Waals surface area (Å²) in [4.78, 5) is 14.8. The van der Waals surface area contributed by atoms with Gasteiger partial charge in [0.05, 0.1) is 0 Å². The summed E-state index contributed by atoms with van der Waals surface area (Å²) >= 11 is 0. The normalized spacial score (nSPS) is 30.0.